The van der Waals surface area contributed by atoms with Crippen molar-refractivity contribution in [3.05, 3.63) is 185 Å². The summed E-state index contributed by atoms with van der Waals surface area (Å²) in [6.07, 6.45) is 0.995. The number of rotatable bonds is 2. The molecule has 0 spiro atoms. The summed E-state index contributed by atoms with van der Waals surface area (Å²) in [5.74, 6) is 0.787. The molecule has 11 aromatic rings. The van der Waals surface area contributed by atoms with Gasteiger partial charge >= 0.3 is 0 Å². The number of anilines is 1. The van der Waals surface area contributed by atoms with E-state index in [2.05, 4.69) is 185 Å². The van der Waals surface area contributed by atoms with Crippen LogP contribution in [0.2, 0.25) is 0 Å². The lowest BCUT2D eigenvalue weighted by Gasteiger charge is -2.44. The maximum atomic E-state index is 2.65. The first kappa shape index (κ1) is 30.6. The molecule has 3 nitrogen and oxygen atoms in total. The lowest BCUT2D eigenvalue weighted by molar-refractivity contribution is 0.500. The van der Waals surface area contributed by atoms with E-state index < -0.39 is 0 Å². The van der Waals surface area contributed by atoms with Crippen molar-refractivity contribution in [1.29, 1.82) is 0 Å². The number of nitrogens with zero attached hydrogens (tertiary/aromatic N) is 3. The zero-order chi connectivity index (χ0) is 37.1. The van der Waals surface area contributed by atoms with E-state index in [1.807, 2.05) is 11.3 Å². The Morgan fingerprint density at radius 2 is 1.18 bits per heavy atom. The summed E-state index contributed by atoms with van der Waals surface area (Å²) in [4.78, 5) is 1.41. The monoisotopic (exact) mass is 745 g/mol. The van der Waals surface area contributed by atoms with Gasteiger partial charge in [-0.3, -0.25) is 5.01 Å². The Morgan fingerprint density at radius 3 is 1.98 bits per heavy atom. The number of hydrogen-bond acceptors (Lipinski definition) is 2. The van der Waals surface area contributed by atoms with Gasteiger partial charge in [-0.05, 0) is 98.3 Å². The summed E-state index contributed by atoms with van der Waals surface area (Å²) in [5, 5.41) is 11.9. The zero-order valence-electron chi connectivity index (χ0n) is 31.3. The van der Waals surface area contributed by atoms with Crippen molar-refractivity contribution < 1.29 is 0 Å². The number of hydrogen-bond donors (Lipinski definition) is 0. The number of thiophene rings is 1. The van der Waals surface area contributed by atoms with Gasteiger partial charge in [0.05, 0.1) is 32.6 Å². The molecule has 3 aromatic heterocycles. The summed E-state index contributed by atoms with van der Waals surface area (Å²) in [7, 11) is 0. The highest BCUT2D eigenvalue weighted by molar-refractivity contribution is 7.20. The van der Waals surface area contributed by atoms with E-state index in [1.54, 1.807) is 0 Å². The smallest absolute Gasteiger partial charge is 0.163 e. The average molecular weight is 746 g/mol. The summed E-state index contributed by atoms with van der Waals surface area (Å²) in [5.41, 5.74) is 16.4. The quantitative estimate of drug-likeness (QED) is 0.172. The Kier molecular flexibility index (Phi) is 5.80. The number of fused-ring (bicyclic) bond motifs is 18. The van der Waals surface area contributed by atoms with Gasteiger partial charge in [0.2, 0.25) is 0 Å². The SMILES string of the molecule is CC1c2ccc3ccccc3c2-c2cc3c(c4c2CC1c1ccccc1-4)c1ccccc1n3N1c2c(sc3ccccc23)C1n1c2ccccc2c2ccccc21. The second-order valence-corrected chi connectivity index (χ2v) is 17.5. The highest BCUT2D eigenvalue weighted by Crippen LogP contribution is 2.60. The highest BCUT2D eigenvalue weighted by atomic mass is 32.1. The second kappa shape index (κ2) is 10.8. The molecule has 0 radical (unpaired) electrons. The Hall–Kier alpha value is -6.62. The van der Waals surface area contributed by atoms with E-state index in [9.17, 15) is 0 Å². The highest BCUT2D eigenvalue weighted by Gasteiger charge is 2.45. The van der Waals surface area contributed by atoms with Crippen LogP contribution in [0.5, 0.6) is 0 Å². The van der Waals surface area contributed by atoms with E-state index in [-0.39, 0.29) is 6.17 Å². The van der Waals surface area contributed by atoms with Gasteiger partial charge < -0.3 is 4.57 Å². The van der Waals surface area contributed by atoms with Gasteiger partial charge in [0.25, 0.3) is 0 Å². The largest absolute Gasteiger partial charge is 0.313 e. The van der Waals surface area contributed by atoms with Gasteiger partial charge in [0.15, 0.2) is 6.17 Å². The molecular formula is C53H35N3S. The van der Waals surface area contributed by atoms with Crippen LogP contribution in [0.15, 0.2) is 164 Å². The molecule has 1 aliphatic heterocycles. The Labute approximate surface area is 333 Å². The minimum atomic E-state index is -0.0406. The van der Waals surface area contributed by atoms with Crippen molar-refractivity contribution in [2.75, 3.05) is 5.01 Å². The van der Waals surface area contributed by atoms with E-state index in [0.717, 1.165) is 6.42 Å². The normalized spacial score (nSPS) is 18.0. The van der Waals surface area contributed by atoms with Crippen LogP contribution in [0, 0.1) is 0 Å². The second-order valence-electron chi connectivity index (χ2n) is 16.4. The van der Waals surface area contributed by atoms with Crippen molar-refractivity contribution >= 4 is 81.5 Å². The van der Waals surface area contributed by atoms with Crippen LogP contribution in [0.1, 0.15) is 46.5 Å². The van der Waals surface area contributed by atoms with E-state index in [1.165, 1.54) is 114 Å². The molecule has 4 heterocycles. The lowest BCUT2D eigenvalue weighted by atomic mass is 9.72. The summed E-state index contributed by atoms with van der Waals surface area (Å²) < 4.78 is 6.56. The lowest BCUT2D eigenvalue weighted by Crippen LogP contribution is -2.44. The summed E-state index contributed by atoms with van der Waals surface area (Å²) >= 11 is 1.95. The third-order valence-corrected chi connectivity index (χ3v) is 15.0. The molecular weight excluding hydrogens is 711 g/mol. The molecule has 3 atom stereocenters. The van der Waals surface area contributed by atoms with Crippen LogP contribution < -0.4 is 5.01 Å². The fourth-order valence-electron chi connectivity index (χ4n) is 11.4. The third kappa shape index (κ3) is 3.73. The van der Waals surface area contributed by atoms with Gasteiger partial charge in [0.1, 0.15) is 0 Å². The first-order valence-electron chi connectivity index (χ1n) is 20.2. The molecule has 3 aliphatic rings. The topological polar surface area (TPSA) is 13.1 Å². The molecule has 268 valence electrons. The van der Waals surface area contributed by atoms with Crippen molar-refractivity contribution in [2.45, 2.75) is 31.3 Å². The first-order valence-corrected chi connectivity index (χ1v) is 21.0. The maximum absolute atomic E-state index is 2.65. The molecule has 0 amide bonds. The van der Waals surface area contributed by atoms with Crippen LogP contribution in [-0.2, 0) is 6.42 Å². The summed E-state index contributed by atoms with van der Waals surface area (Å²) in [6.45, 7) is 2.47. The van der Waals surface area contributed by atoms with Crippen LogP contribution >= 0.6 is 11.3 Å². The standard InChI is InChI=1S/C53H35N3S/c1-30-32-27-26-31-14-2-3-15-33(31)48(32)42-29-46-50(49-37-19-5-4-16-34(37)40(30)28-41(42)49)38-20-8-12-24-45(38)55(46)56-51-39-21-9-13-25-47(39)57-52(51)53(56)54-43-22-10-6-17-35(43)36-18-7-11-23-44(36)54/h2-27,29-30,40,53H,28H2,1H3. The fourth-order valence-corrected chi connectivity index (χ4v) is 12.7. The number of benzene rings is 8. The van der Waals surface area contributed by atoms with Crippen LogP contribution in [0.25, 0.3) is 86.7 Å². The van der Waals surface area contributed by atoms with E-state index >= 15 is 0 Å². The molecule has 2 bridgehead atoms. The zero-order valence-corrected chi connectivity index (χ0v) is 32.1. The van der Waals surface area contributed by atoms with E-state index in [0.29, 0.717) is 11.8 Å². The Morgan fingerprint density at radius 1 is 0.526 bits per heavy atom. The molecule has 4 heteroatoms. The van der Waals surface area contributed by atoms with Gasteiger partial charge in [-0.1, -0.05) is 140 Å². The minimum Gasteiger partial charge on any atom is -0.313 e. The van der Waals surface area contributed by atoms with Crippen LogP contribution in [0.4, 0.5) is 5.69 Å². The van der Waals surface area contributed by atoms with E-state index in [4.69, 9.17) is 0 Å². The Bertz CT molecular complexity index is 3510. The molecule has 8 aromatic carbocycles. The molecule has 3 unspecified atom stereocenters. The molecule has 14 rings (SSSR count). The van der Waals surface area contributed by atoms with Crippen molar-refractivity contribution in [3.8, 4) is 22.3 Å². The molecule has 2 aliphatic carbocycles. The van der Waals surface area contributed by atoms with Crippen molar-refractivity contribution in [2.24, 2.45) is 0 Å². The van der Waals surface area contributed by atoms with Crippen molar-refractivity contribution in [1.82, 2.24) is 9.24 Å². The molecule has 57 heavy (non-hydrogen) atoms. The molecule has 0 saturated heterocycles. The van der Waals surface area contributed by atoms with Gasteiger partial charge in [-0.25, -0.2) is 4.68 Å². The minimum absolute atomic E-state index is 0.0406. The van der Waals surface area contributed by atoms with Crippen LogP contribution in [0.3, 0.4) is 0 Å². The predicted molar refractivity (Wildman–Crippen MR) is 240 cm³/mol. The Balaban J connectivity index is 1.17. The third-order valence-electron chi connectivity index (χ3n) is 13.8. The molecule has 0 N–H and O–H groups in total. The molecule has 0 saturated carbocycles. The van der Waals surface area contributed by atoms with Crippen molar-refractivity contribution in [3.63, 3.8) is 0 Å². The predicted octanol–water partition coefficient (Wildman–Crippen LogP) is 14.2. The van der Waals surface area contributed by atoms with Gasteiger partial charge in [-0.2, -0.15) is 0 Å². The summed E-state index contributed by atoms with van der Waals surface area (Å²) in [6, 6.07) is 61.9. The average Bonchev–Trinajstić information content (AvgIpc) is 3.86. The van der Waals surface area contributed by atoms with Crippen LogP contribution in [-0.4, -0.2) is 9.24 Å². The number of aromatic nitrogens is 2. The molecule has 0 fully saturated rings. The number of para-hydroxylation sites is 3. The maximum Gasteiger partial charge on any atom is 0.163 e. The van der Waals surface area contributed by atoms with Gasteiger partial charge in [-0.15, -0.1) is 11.3 Å². The van der Waals surface area contributed by atoms with Gasteiger partial charge in [0, 0.05) is 31.6 Å². The first-order chi connectivity index (χ1) is 28.2. The fraction of sp³-hybridized carbons (Fsp3) is 0.0943.